The average molecular weight is 249 g/mol. The van der Waals surface area contributed by atoms with Gasteiger partial charge in [0.2, 0.25) is 0 Å². The highest BCUT2D eigenvalue weighted by Gasteiger charge is 2.26. The van der Waals surface area contributed by atoms with Gasteiger partial charge in [-0.05, 0) is 31.2 Å². The summed E-state index contributed by atoms with van der Waals surface area (Å²) in [6, 6.07) is 0.598. The van der Waals surface area contributed by atoms with Gasteiger partial charge in [0.1, 0.15) is 5.82 Å². The molecule has 1 aliphatic rings. The molecule has 1 saturated carbocycles. The molecule has 2 rings (SSSR count). The number of hydrogen-bond acceptors (Lipinski definition) is 2. The Morgan fingerprint density at radius 2 is 2.06 bits per heavy atom. The summed E-state index contributed by atoms with van der Waals surface area (Å²) < 4.78 is 2.17. The van der Waals surface area contributed by atoms with Gasteiger partial charge >= 0.3 is 0 Å². The van der Waals surface area contributed by atoms with Gasteiger partial charge in [0, 0.05) is 31.9 Å². The summed E-state index contributed by atoms with van der Waals surface area (Å²) in [7, 11) is 2.10. The van der Waals surface area contributed by atoms with Crippen molar-refractivity contribution < 1.29 is 0 Å². The van der Waals surface area contributed by atoms with Gasteiger partial charge < -0.3 is 9.88 Å². The Bertz CT molecular complexity index is 356. The normalized spacial score (nSPS) is 24.7. The van der Waals surface area contributed by atoms with E-state index >= 15 is 0 Å². The SMILES string of the molecule is CC(C)NCC1CCCCC1Cc1nccn1C. The van der Waals surface area contributed by atoms with E-state index in [2.05, 4.69) is 42.0 Å². The fraction of sp³-hybridized carbons (Fsp3) is 0.800. The fourth-order valence-electron chi connectivity index (χ4n) is 3.04. The number of rotatable bonds is 5. The van der Waals surface area contributed by atoms with Gasteiger partial charge in [-0.15, -0.1) is 0 Å². The van der Waals surface area contributed by atoms with E-state index in [1.807, 2.05) is 6.20 Å². The van der Waals surface area contributed by atoms with Crippen LogP contribution in [0.25, 0.3) is 0 Å². The smallest absolute Gasteiger partial charge is 0.108 e. The van der Waals surface area contributed by atoms with E-state index in [-0.39, 0.29) is 0 Å². The summed E-state index contributed by atoms with van der Waals surface area (Å²) in [5, 5.41) is 3.61. The third-order valence-electron chi connectivity index (χ3n) is 4.22. The summed E-state index contributed by atoms with van der Waals surface area (Å²) >= 11 is 0. The first-order valence-electron chi connectivity index (χ1n) is 7.36. The third kappa shape index (κ3) is 3.58. The minimum atomic E-state index is 0.598. The van der Waals surface area contributed by atoms with Gasteiger partial charge in [0.25, 0.3) is 0 Å². The molecule has 1 fully saturated rings. The summed E-state index contributed by atoms with van der Waals surface area (Å²) in [5.74, 6) is 2.89. The van der Waals surface area contributed by atoms with E-state index in [4.69, 9.17) is 0 Å². The average Bonchev–Trinajstić information content (AvgIpc) is 2.74. The molecule has 1 aromatic heterocycles. The van der Waals surface area contributed by atoms with Crippen LogP contribution in [-0.4, -0.2) is 22.1 Å². The predicted octanol–water partition coefficient (Wildman–Crippen LogP) is 2.77. The van der Waals surface area contributed by atoms with E-state index in [1.165, 1.54) is 38.1 Å². The van der Waals surface area contributed by atoms with Gasteiger partial charge in [-0.25, -0.2) is 4.98 Å². The molecule has 1 aromatic rings. The molecule has 0 bridgehead atoms. The molecule has 2 atom stereocenters. The predicted molar refractivity (Wildman–Crippen MR) is 75.5 cm³/mol. The van der Waals surface area contributed by atoms with E-state index in [0.29, 0.717) is 6.04 Å². The molecule has 1 heterocycles. The monoisotopic (exact) mass is 249 g/mol. The van der Waals surface area contributed by atoms with Crippen LogP contribution in [0, 0.1) is 11.8 Å². The van der Waals surface area contributed by atoms with Crippen LogP contribution in [0.1, 0.15) is 45.4 Å². The standard InChI is InChI=1S/C15H27N3/c1-12(2)17-11-14-7-5-4-6-13(14)10-15-16-8-9-18(15)3/h8-9,12-14,17H,4-7,10-11H2,1-3H3. The maximum atomic E-state index is 4.48. The largest absolute Gasteiger partial charge is 0.338 e. The summed E-state index contributed by atoms with van der Waals surface area (Å²) in [5.41, 5.74) is 0. The molecule has 0 radical (unpaired) electrons. The molecule has 0 saturated heterocycles. The Morgan fingerprint density at radius 3 is 2.67 bits per heavy atom. The highest BCUT2D eigenvalue weighted by atomic mass is 15.0. The lowest BCUT2D eigenvalue weighted by atomic mass is 9.77. The van der Waals surface area contributed by atoms with Crippen LogP contribution in [0.15, 0.2) is 12.4 Å². The number of nitrogens with zero attached hydrogens (tertiary/aromatic N) is 2. The van der Waals surface area contributed by atoms with Gasteiger partial charge in [0.15, 0.2) is 0 Å². The zero-order valence-corrected chi connectivity index (χ0v) is 12.0. The van der Waals surface area contributed by atoms with Crippen molar-refractivity contribution in [1.29, 1.82) is 0 Å². The highest BCUT2D eigenvalue weighted by Crippen LogP contribution is 2.31. The Morgan fingerprint density at radius 1 is 1.33 bits per heavy atom. The van der Waals surface area contributed by atoms with Crippen molar-refractivity contribution in [3.8, 4) is 0 Å². The number of nitrogens with one attached hydrogen (secondary N) is 1. The second-order valence-corrected chi connectivity index (χ2v) is 6.03. The number of imidazole rings is 1. The lowest BCUT2D eigenvalue weighted by Gasteiger charge is -2.32. The minimum absolute atomic E-state index is 0.598. The van der Waals surface area contributed by atoms with E-state index in [9.17, 15) is 0 Å². The first-order valence-corrected chi connectivity index (χ1v) is 7.36. The Balaban J connectivity index is 1.93. The van der Waals surface area contributed by atoms with Gasteiger partial charge in [-0.3, -0.25) is 0 Å². The van der Waals surface area contributed by atoms with Crippen molar-refractivity contribution in [2.45, 2.75) is 52.0 Å². The maximum absolute atomic E-state index is 4.48. The zero-order valence-electron chi connectivity index (χ0n) is 12.0. The molecular formula is C15H27N3. The molecule has 1 aliphatic carbocycles. The molecule has 1 N–H and O–H groups in total. The first kappa shape index (κ1) is 13.6. The van der Waals surface area contributed by atoms with Crippen LogP contribution < -0.4 is 5.32 Å². The van der Waals surface area contributed by atoms with Crippen molar-refractivity contribution in [3.05, 3.63) is 18.2 Å². The van der Waals surface area contributed by atoms with Crippen LogP contribution >= 0.6 is 0 Å². The number of hydrogen-bond donors (Lipinski definition) is 1. The van der Waals surface area contributed by atoms with Crippen molar-refractivity contribution >= 4 is 0 Å². The Kier molecular flexibility index (Phi) is 4.81. The maximum Gasteiger partial charge on any atom is 0.108 e. The molecule has 0 aliphatic heterocycles. The van der Waals surface area contributed by atoms with E-state index < -0.39 is 0 Å². The summed E-state index contributed by atoms with van der Waals surface area (Å²) in [4.78, 5) is 4.48. The van der Waals surface area contributed by atoms with Gasteiger partial charge in [-0.1, -0.05) is 26.7 Å². The van der Waals surface area contributed by atoms with Crippen molar-refractivity contribution in [2.24, 2.45) is 18.9 Å². The Hall–Kier alpha value is -0.830. The molecule has 0 aromatic carbocycles. The van der Waals surface area contributed by atoms with Crippen LogP contribution in [0.3, 0.4) is 0 Å². The van der Waals surface area contributed by atoms with Crippen LogP contribution in [0.2, 0.25) is 0 Å². The van der Waals surface area contributed by atoms with Crippen molar-refractivity contribution in [2.75, 3.05) is 6.54 Å². The summed E-state index contributed by atoms with van der Waals surface area (Å²) in [6.07, 6.45) is 10.7. The van der Waals surface area contributed by atoms with E-state index in [1.54, 1.807) is 0 Å². The van der Waals surface area contributed by atoms with Crippen molar-refractivity contribution in [3.63, 3.8) is 0 Å². The lowest BCUT2D eigenvalue weighted by molar-refractivity contribution is 0.221. The summed E-state index contributed by atoms with van der Waals surface area (Å²) in [6.45, 7) is 5.64. The highest BCUT2D eigenvalue weighted by molar-refractivity contribution is 4.95. The molecule has 102 valence electrons. The molecule has 3 nitrogen and oxygen atoms in total. The molecule has 2 unspecified atom stereocenters. The first-order chi connectivity index (χ1) is 8.66. The topological polar surface area (TPSA) is 29.9 Å². The number of aromatic nitrogens is 2. The molecule has 3 heteroatoms. The zero-order chi connectivity index (χ0) is 13.0. The lowest BCUT2D eigenvalue weighted by Crippen LogP contribution is -2.35. The molecule has 0 spiro atoms. The van der Waals surface area contributed by atoms with Crippen molar-refractivity contribution in [1.82, 2.24) is 14.9 Å². The third-order valence-corrected chi connectivity index (χ3v) is 4.22. The quantitative estimate of drug-likeness (QED) is 0.869. The second-order valence-electron chi connectivity index (χ2n) is 6.03. The Labute approximate surface area is 111 Å². The molecule has 0 amide bonds. The fourth-order valence-corrected chi connectivity index (χ4v) is 3.04. The second kappa shape index (κ2) is 6.37. The van der Waals surface area contributed by atoms with Gasteiger partial charge in [-0.2, -0.15) is 0 Å². The van der Waals surface area contributed by atoms with Gasteiger partial charge in [0.05, 0.1) is 0 Å². The van der Waals surface area contributed by atoms with Crippen LogP contribution in [-0.2, 0) is 13.5 Å². The molecule has 18 heavy (non-hydrogen) atoms. The number of aryl methyl sites for hydroxylation is 1. The molecular weight excluding hydrogens is 222 g/mol. The minimum Gasteiger partial charge on any atom is -0.338 e. The van der Waals surface area contributed by atoms with E-state index in [0.717, 1.165) is 18.3 Å². The van der Waals surface area contributed by atoms with Crippen LogP contribution in [0.4, 0.5) is 0 Å². The van der Waals surface area contributed by atoms with Crippen LogP contribution in [0.5, 0.6) is 0 Å².